The number of hydrogen-bond donors (Lipinski definition) is 1. The lowest BCUT2D eigenvalue weighted by Gasteiger charge is -2.25. The number of aromatic nitrogens is 2. The van der Waals surface area contributed by atoms with Crippen molar-refractivity contribution in [1.29, 1.82) is 0 Å². The minimum Gasteiger partial charge on any atom is -0.384 e. The third-order valence-electron chi connectivity index (χ3n) is 5.29. The molecule has 0 amide bonds. The van der Waals surface area contributed by atoms with Crippen molar-refractivity contribution in [3.63, 3.8) is 0 Å². The maximum atomic E-state index is 5.79. The Morgan fingerprint density at radius 3 is 2.57 bits per heavy atom. The van der Waals surface area contributed by atoms with Gasteiger partial charge in [-0.1, -0.05) is 12.1 Å². The van der Waals surface area contributed by atoms with Crippen molar-refractivity contribution in [2.45, 2.75) is 44.6 Å². The van der Waals surface area contributed by atoms with Gasteiger partial charge in [0.2, 0.25) is 0 Å². The largest absolute Gasteiger partial charge is 0.384 e. The molecule has 0 bridgehead atoms. The van der Waals surface area contributed by atoms with Crippen LogP contribution in [-0.2, 0) is 12.8 Å². The third-order valence-corrected chi connectivity index (χ3v) is 5.29. The molecule has 0 spiro atoms. The van der Waals surface area contributed by atoms with E-state index in [2.05, 4.69) is 33.1 Å². The van der Waals surface area contributed by atoms with Gasteiger partial charge in [0.15, 0.2) is 5.82 Å². The van der Waals surface area contributed by atoms with Gasteiger partial charge >= 0.3 is 0 Å². The highest BCUT2D eigenvalue weighted by molar-refractivity contribution is 5.59. The molecule has 0 radical (unpaired) electrons. The number of nitrogen functional groups attached to an aromatic ring is 1. The summed E-state index contributed by atoms with van der Waals surface area (Å²) in [6.07, 6.45) is 9.39. The highest BCUT2D eigenvalue weighted by Crippen LogP contribution is 2.28. The minimum atomic E-state index is 0.527. The standard InChI is InChI=1S/C19H24N4/c20-18-9-10-21-19(22-18)16-4-3-14-5-7-17(8-6-15(14)13-16)23-11-1-2-12-23/h3-4,9-10,13,17H,1-2,5-8,11-12H2,(H2,20,21,22)/t17-/m1/s1. The van der Waals surface area contributed by atoms with Crippen molar-refractivity contribution in [2.75, 3.05) is 18.8 Å². The summed E-state index contributed by atoms with van der Waals surface area (Å²) in [5.74, 6) is 1.26. The van der Waals surface area contributed by atoms with Crippen LogP contribution in [0.1, 0.15) is 36.8 Å². The van der Waals surface area contributed by atoms with Crippen LogP contribution in [0.3, 0.4) is 0 Å². The van der Waals surface area contributed by atoms with E-state index >= 15 is 0 Å². The Labute approximate surface area is 137 Å². The predicted octanol–water partition coefficient (Wildman–Crippen LogP) is 3.07. The molecule has 1 aromatic heterocycles. The maximum absolute atomic E-state index is 5.79. The number of rotatable bonds is 2. The van der Waals surface area contributed by atoms with Gasteiger partial charge in [-0.15, -0.1) is 0 Å². The first kappa shape index (κ1) is 14.6. The zero-order valence-corrected chi connectivity index (χ0v) is 13.5. The van der Waals surface area contributed by atoms with Gasteiger partial charge in [-0.25, -0.2) is 9.97 Å². The molecule has 23 heavy (non-hydrogen) atoms. The molecule has 4 rings (SSSR count). The van der Waals surface area contributed by atoms with Crippen LogP contribution in [0.5, 0.6) is 0 Å². The smallest absolute Gasteiger partial charge is 0.161 e. The Morgan fingerprint density at radius 2 is 1.78 bits per heavy atom. The molecular formula is C19H24N4. The summed E-state index contributed by atoms with van der Waals surface area (Å²) in [4.78, 5) is 11.4. The molecule has 1 aliphatic carbocycles. The van der Waals surface area contributed by atoms with Crippen LogP contribution in [-0.4, -0.2) is 34.0 Å². The molecular weight excluding hydrogens is 284 g/mol. The van der Waals surface area contributed by atoms with E-state index in [-0.39, 0.29) is 0 Å². The van der Waals surface area contributed by atoms with Gasteiger partial charge < -0.3 is 10.6 Å². The van der Waals surface area contributed by atoms with Gasteiger partial charge in [0.1, 0.15) is 5.82 Å². The van der Waals surface area contributed by atoms with Crippen LogP contribution in [0.25, 0.3) is 11.4 Å². The molecule has 1 aliphatic heterocycles. The minimum absolute atomic E-state index is 0.527. The monoisotopic (exact) mass is 308 g/mol. The fourth-order valence-electron chi connectivity index (χ4n) is 4.01. The fraction of sp³-hybridized carbons (Fsp3) is 0.474. The number of nitrogens with zero attached hydrogens (tertiary/aromatic N) is 3. The first-order valence-electron chi connectivity index (χ1n) is 8.74. The zero-order valence-electron chi connectivity index (χ0n) is 13.5. The van der Waals surface area contributed by atoms with E-state index in [0.717, 1.165) is 23.9 Å². The first-order valence-corrected chi connectivity index (χ1v) is 8.74. The van der Waals surface area contributed by atoms with Gasteiger partial charge in [-0.3, -0.25) is 0 Å². The summed E-state index contributed by atoms with van der Waals surface area (Å²) < 4.78 is 0. The zero-order chi connectivity index (χ0) is 15.6. The van der Waals surface area contributed by atoms with Crippen molar-refractivity contribution >= 4 is 5.82 Å². The molecule has 0 saturated carbocycles. The number of fused-ring (bicyclic) bond motifs is 1. The second-order valence-corrected chi connectivity index (χ2v) is 6.76. The summed E-state index contributed by atoms with van der Waals surface area (Å²) in [5.41, 5.74) is 9.84. The quantitative estimate of drug-likeness (QED) is 0.866. The molecule has 4 heteroatoms. The molecule has 1 atom stereocenters. The number of anilines is 1. The molecule has 120 valence electrons. The van der Waals surface area contributed by atoms with E-state index in [1.807, 2.05) is 0 Å². The lowest BCUT2D eigenvalue weighted by molar-refractivity contribution is 0.222. The number of aryl methyl sites for hydroxylation is 2. The van der Waals surface area contributed by atoms with Gasteiger partial charge in [-0.2, -0.15) is 0 Å². The van der Waals surface area contributed by atoms with Crippen LogP contribution in [0.2, 0.25) is 0 Å². The highest BCUT2D eigenvalue weighted by atomic mass is 15.2. The van der Waals surface area contributed by atoms with E-state index in [1.54, 1.807) is 12.3 Å². The Hall–Kier alpha value is -1.94. The second-order valence-electron chi connectivity index (χ2n) is 6.76. The van der Waals surface area contributed by atoms with E-state index in [9.17, 15) is 0 Å². The molecule has 2 aromatic rings. The molecule has 2 N–H and O–H groups in total. The topological polar surface area (TPSA) is 55.0 Å². The number of nitrogens with two attached hydrogens (primary N) is 1. The van der Waals surface area contributed by atoms with Gasteiger partial charge in [0.25, 0.3) is 0 Å². The number of benzene rings is 1. The normalized spacial score (nSPS) is 21.8. The third kappa shape index (κ3) is 3.08. The average Bonchev–Trinajstić information content (AvgIpc) is 3.02. The fourth-order valence-corrected chi connectivity index (χ4v) is 4.01. The summed E-state index contributed by atoms with van der Waals surface area (Å²) in [7, 11) is 0. The Kier molecular flexibility index (Phi) is 4.00. The van der Waals surface area contributed by atoms with Crippen molar-refractivity contribution in [3.8, 4) is 11.4 Å². The van der Waals surface area contributed by atoms with Crippen LogP contribution < -0.4 is 5.73 Å². The lowest BCUT2D eigenvalue weighted by Crippen LogP contribution is -2.32. The van der Waals surface area contributed by atoms with Crippen molar-refractivity contribution in [2.24, 2.45) is 0 Å². The summed E-state index contributed by atoms with van der Waals surface area (Å²) in [5, 5.41) is 0. The summed E-state index contributed by atoms with van der Waals surface area (Å²) >= 11 is 0. The Bertz CT molecular complexity index is 692. The van der Waals surface area contributed by atoms with Gasteiger partial charge in [0.05, 0.1) is 0 Å². The van der Waals surface area contributed by atoms with E-state index < -0.39 is 0 Å². The van der Waals surface area contributed by atoms with E-state index in [4.69, 9.17) is 5.73 Å². The van der Waals surface area contributed by atoms with Crippen LogP contribution in [0.15, 0.2) is 30.5 Å². The van der Waals surface area contributed by atoms with E-state index in [0.29, 0.717) is 5.82 Å². The predicted molar refractivity (Wildman–Crippen MR) is 93.1 cm³/mol. The lowest BCUT2D eigenvalue weighted by atomic mass is 10.00. The Morgan fingerprint density at radius 1 is 1.00 bits per heavy atom. The summed E-state index contributed by atoms with van der Waals surface area (Å²) in [6, 6.07) is 9.18. The molecule has 1 aromatic carbocycles. The molecule has 4 nitrogen and oxygen atoms in total. The number of likely N-dealkylation sites (tertiary alicyclic amines) is 1. The van der Waals surface area contributed by atoms with Gasteiger partial charge in [-0.05, 0) is 74.9 Å². The highest BCUT2D eigenvalue weighted by Gasteiger charge is 2.24. The van der Waals surface area contributed by atoms with E-state index in [1.165, 1.54) is 56.3 Å². The Balaban J connectivity index is 1.56. The van der Waals surface area contributed by atoms with Gasteiger partial charge in [0, 0.05) is 17.8 Å². The van der Waals surface area contributed by atoms with Crippen molar-refractivity contribution < 1.29 is 0 Å². The van der Waals surface area contributed by atoms with Crippen LogP contribution in [0, 0.1) is 0 Å². The van der Waals surface area contributed by atoms with Crippen molar-refractivity contribution in [3.05, 3.63) is 41.6 Å². The SMILES string of the molecule is Nc1ccnc(-c2ccc3c(c2)CC[C@H](N2CCCC2)CC3)n1. The van der Waals surface area contributed by atoms with Crippen LogP contribution in [0.4, 0.5) is 5.82 Å². The number of hydrogen-bond acceptors (Lipinski definition) is 4. The summed E-state index contributed by atoms with van der Waals surface area (Å²) in [6.45, 7) is 2.59. The molecule has 1 fully saturated rings. The second kappa shape index (κ2) is 6.28. The molecule has 0 unspecified atom stereocenters. The van der Waals surface area contributed by atoms with Crippen LogP contribution >= 0.6 is 0 Å². The molecule has 2 heterocycles. The van der Waals surface area contributed by atoms with Crippen molar-refractivity contribution in [1.82, 2.24) is 14.9 Å². The molecule has 1 saturated heterocycles. The molecule has 2 aliphatic rings. The first-order chi connectivity index (χ1) is 11.3. The maximum Gasteiger partial charge on any atom is 0.161 e. The average molecular weight is 308 g/mol.